The van der Waals surface area contributed by atoms with Gasteiger partial charge in [0, 0.05) is 24.1 Å². The monoisotopic (exact) mass is 522 g/mol. The second-order valence-corrected chi connectivity index (χ2v) is 10.2. The molecule has 0 bridgehead atoms. The largest absolute Gasteiger partial charge is 0.394 e. The number of fused-ring (bicyclic) bond motifs is 1. The molecular weight excluding hydrogens is 494 g/mol. The summed E-state index contributed by atoms with van der Waals surface area (Å²) in [6.07, 6.45) is -1.04. The van der Waals surface area contributed by atoms with Gasteiger partial charge in [0.25, 0.3) is 0 Å². The SMILES string of the molecule is CCCSc1nc(N[C@@H]2C[C@H]2c2ccc(F)c(F)c2)c2nnn([C@H]3C[C@@H](OCCO)[C@@H](O)[C@@H]3O)c2n1. The molecular formula is C23H28F2N6O4S. The van der Waals surface area contributed by atoms with Gasteiger partial charge in [0.05, 0.1) is 25.4 Å². The summed E-state index contributed by atoms with van der Waals surface area (Å²) in [6, 6.07) is 3.26. The van der Waals surface area contributed by atoms with E-state index in [1.165, 1.54) is 22.5 Å². The minimum absolute atomic E-state index is 0.00291. The van der Waals surface area contributed by atoms with Crippen LogP contribution in [0.5, 0.6) is 0 Å². The zero-order chi connectivity index (χ0) is 25.4. The van der Waals surface area contributed by atoms with Crippen LogP contribution in [-0.2, 0) is 4.74 Å². The average molecular weight is 523 g/mol. The Morgan fingerprint density at radius 3 is 2.75 bits per heavy atom. The Morgan fingerprint density at radius 1 is 1.17 bits per heavy atom. The lowest BCUT2D eigenvalue weighted by Crippen LogP contribution is -2.33. The first-order valence-corrected chi connectivity index (χ1v) is 13.0. The molecule has 0 amide bonds. The zero-order valence-electron chi connectivity index (χ0n) is 19.6. The molecule has 194 valence electrons. The van der Waals surface area contributed by atoms with Crippen molar-refractivity contribution in [3.05, 3.63) is 35.4 Å². The Morgan fingerprint density at radius 2 is 2.00 bits per heavy atom. The van der Waals surface area contributed by atoms with Gasteiger partial charge in [-0.2, -0.15) is 0 Å². The van der Waals surface area contributed by atoms with Crippen molar-refractivity contribution in [3.8, 4) is 0 Å². The number of nitrogens with zero attached hydrogens (tertiary/aromatic N) is 5. The molecule has 0 aliphatic heterocycles. The lowest BCUT2D eigenvalue weighted by Gasteiger charge is -2.17. The van der Waals surface area contributed by atoms with E-state index in [1.54, 1.807) is 6.07 Å². The maximum atomic E-state index is 13.7. The van der Waals surface area contributed by atoms with Gasteiger partial charge in [0.2, 0.25) is 0 Å². The van der Waals surface area contributed by atoms with Gasteiger partial charge in [-0.3, -0.25) is 0 Å². The van der Waals surface area contributed by atoms with E-state index in [0.29, 0.717) is 27.7 Å². The smallest absolute Gasteiger partial charge is 0.191 e. The summed E-state index contributed by atoms with van der Waals surface area (Å²) in [5, 5.41) is 42.5. The summed E-state index contributed by atoms with van der Waals surface area (Å²) in [4.78, 5) is 9.27. The van der Waals surface area contributed by atoms with Crippen molar-refractivity contribution in [2.24, 2.45) is 0 Å². The number of hydrogen-bond donors (Lipinski definition) is 4. The predicted octanol–water partition coefficient (Wildman–Crippen LogP) is 2.01. The molecule has 4 N–H and O–H groups in total. The topological polar surface area (TPSA) is 138 Å². The van der Waals surface area contributed by atoms with Crippen molar-refractivity contribution in [1.29, 1.82) is 0 Å². The van der Waals surface area contributed by atoms with Gasteiger partial charge in [-0.15, -0.1) is 5.10 Å². The molecule has 0 saturated heterocycles. The third kappa shape index (κ3) is 4.90. The van der Waals surface area contributed by atoms with Gasteiger partial charge in [0.15, 0.2) is 33.8 Å². The minimum Gasteiger partial charge on any atom is -0.394 e. The Labute approximate surface area is 210 Å². The summed E-state index contributed by atoms with van der Waals surface area (Å²) in [5.41, 5.74) is 1.53. The lowest BCUT2D eigenvalue weighted by atomic mass is 10.1. The van der Waals surface area contributed by atoms with E-state index in [4.69, 9.17) is 9.84 Å². The molecule has 6 atom stereocenters. The molecule has 2 heterocycles. The average Bonchev–Trinajstić information content (AvgIpc) is 3.41. The van der Waals surface area contributed by atoms with Gasteiger partial charge in [-0.1, -0.05) is 30.0 Å². The number of benzene rings is 1. The second-order valence-electron chi connectivity index (χ2n) is 9.09. The summed E-state index contributed by atoms with van der Waals surface area (Å²) >= 11 is 1.48. The van der Waals surface area contributed by atoms with Crippen LogP contribution in [0.4, 0.5) is 14.6 Å². The molecule has 36 heavy (non-hydrogen) atoms. The molecule has 10 nitrogen and oxygen atoms in total. The fourth-order valence-electron chi connectivity index (χ4n) is 4.61. The molecule has 2 saturated carbocycles. The van der Waals surface area contributed by atoms with Crippen molar-refractivity contribution in [1.82, 2.24) is 25.0 Å². The molecule has 2 aromatic heterocycles. The first kappa shape index (κ1) is 25.2. The van der Waals surface area contributed by atoms with E-state index >= 15 is 0 Å². The molecule has 1 aromatic carbocycles. The van der Waals surface area contributed by atoms with Gasteiger partial charge in [-0.25, -0.2) is 23.4 Å². The number of halogens is 2. The molecule has 2 aliphatic carbocycles. The van der Waals surface area contributed by atoms with E-state index in [-0.39, 0.29) is 31.6 Å². The lowest BCUT2D eigenvalue weighted by molar-refractivity contribution is -0.0629. The number of hydrogen-bond acceptors (Lipinski definition) is 10. The van der Waals surface area contributed by atoms with Crippen molar-refractivity contribution in [2.45, 2.75) is 67.7 Å². The normalized spacial score (nSPS) is 27.6. The zero-order valence-corrected chi connectivity index (χ0v) is 20.4. The Bertz CT molecular complexity index is 1230. The number of nitrogens with one attached hydrogen (secondary N) is 1. The van der Waals surface area contributed by atoms with Crippen molar-refractivity contribution >= 4 is 28.7 Å². The van der Waals surface area contributed by atoms with Crippen LogP contribution in [0.15, 0.2) is 23.4 Å². The number of thioether (sulfide) groups is 1. The highest BCUT2D eigenvalue weighted by Crippen LogP contribution is 2.44. The Hall–Kier alpha value is -2.45. The third-order valence-electron chi connectivity index (χ3n) is 6.56. The molecule has 0 radical (unpaired) electrons. The fraction of sp³-hybridized carbons (Fsp3) is 0.565. The molecule has 0 unspecified atom stereocenters. The van der Waals surface area contributed by atoms with Gasteiger partial charge in [-0.05, 0) is 30.5 Å². The van der Waals surface area contributed by atoms with Crippen molar-refractivity contribution in [2.75, 3.05) is 24.3 Å². The number of aliphatic hydroxyl groups is 3. The summed E-state index contributed by atoms with van der Waals surface area (Å²) in [5.74, 6) is -0.472. The van der Waals surface area contributed by atoms with E-state index in [1.807, 2.05) is 0 Å². The van der Waals surface area contributed by atoms with Crippen LogP contribution in [0.1, 0.15) is 43.7 Å². The first-order valence-electron chi connectivity index (χ1n) is 12.0. The second kappa shape index (κ2) is 10.5. The van der Waals surface area contributed by atoms with Crippen LogP contribution in [0.3, 0.4) is 0 Å². The van der Waals surface area contributed by atoms with Crippen LogP contribution >= 0.6 is 11.8 Å². The highest BCUT2D eigenvalue weighted by atomic mass is 32.2. The van der Waals surface area contributed by atoms with E-state index in [0.717, 1.165) is 24.7 Å². The van der Waals surface area contributed by atoms with Crippen LogP contribution in [-0.4, -0.2) is 83.6 Å². The molecule has 3 aromatic rings. The van der Waals surface area contributed by atoms with Crippen molar-refractivity contribution < 1.29 is 28.8 Å². The van der Waals surface area contributed by atoms with Gasteiger partial charge in [0.1, 0.15) is 12.2 Å². The minimum atomic E-state index is -1.15. The van der Waals surface area contributed by atoms with Crippen LogP contribution in [0, 0.1) is 11.6 Å². The standard InChI is InChI=1S/C23H28F2N6O4S/c1-2-7-36-23-27-21(26-15-9-12(15)11-3-4-13(24)14(25)8-11)18-22(28-23)31(30-29-18)16-10-17(35-6-5-32)20(34)19(16)33/h3-4,8,12,15-17,19-20,32-34H,2,5-7,9-10H2,1H3,(H,26,27,28)/t12-,15+,16-,17+,19+,20+/m0/s1. The van der Waals surface area contributed by atoms with Crippen LogP contribution in [0.2, 0.25) is 0 Å². The molecule has 2 aliphatic rings. The van der Waals surface area contributed by atoms with Crippen LogP contribution in [0.25, 0.3) is 11.2 Å². The number of aromatic nitrogens is 5. The first-order chi connectivity index (χ1) is 17.4. The molecule has 5 rings (SSSR count). The summed E-state index contributed by atoms with van der Waals surface area (Å²) in [7, 11) is 0. The predicted molar refractivity (Wildman–Crippen MR) is 128 cm³/mol. The van der Waals surface area contributed by atoms with Gasteiger partial charge < -0.3 is 25.4 Å². The number of aliphatic hydroxyl groups excluding tert-OH is 3. The molecule has 2 fully saturated rings. The highest BCUT2D eigenvalue weighted by molar-refractivity contribution is 7.99. The number of ether oxygens (including phenoxy) is 1. The molecule has 13 heteroatoms. The Kier molecular flexibility index (Phi) is 7.35. The van der Waals surface area contributed by atoms with Crippen LogP contribution < -0.4 is 5.32 Å². The molecule has 0 spiro atoms. The summed E-state index contributed by atoms with van der Waals surface area (Å²) in [6.45, 7) is 1.91. The fourth-order valence-corrected chi connectivity index (χ4v) is 5.31. The third-order valence-corrected chi connectivity index (χ3v) is 7.61. The van der Waals surface area contributed by atoms with E-state index < -0.39 is 36.0 Å². The number of anilines is 1. The quantitative estimate of drug-likeness (QED) is 0.231. The highest BCUT2D eigenvalue weighted by Gasteiger charge is 2.45. The van der Waals surface area contributed by atoms with Gasteiger partial charge >= 0.3 is 0 Å². The number of rotatable bonds is 10. The van der Waals surface area contributed by atoms with E-state index in [9.17, 15) is 19.0 Å². The van der Waals surface area contributed by atoms with Crippen molar-refractivity contribution in [3.63, 3.8) is 0 Å². The maximum Gasteiger partial charge on any atom is 0.191 e. The maximum absolute atomic E-state index is 13.7. The summed E-state index contributed by atoms with van der Waals surface area (Å²) < 4.78 is 34.0. The Balaban J connectivity index is 1.43. The van der Waals surface area contributed by atoms with E-state index in [2.05, 4.69) is 32.5 Å².